The van der Waals surface area contributed by atoms with Crippen molar-refractivity contribution in [1.29, 1.82) is 0 Å². The van der Waals surface area contributed by atoms with Crippen LogP contribution in [0.15, 0.2) is 36.5 Å². The minimum Gasteiger partial charge on any atom is -0.331 e. The number of carbonyl (C=O) groups excluding carboxylic acids is 1. The number of aromatic nitrogens is 3. The lowest BCUT2D eigenvalue weighted by Gasteiger charge is -2.25. The largest absolute Gasteiger partial charge is 0.416 e. The van der Waals surface area contributed by atoms with Crippen molar-refractivity contribution >= 4 is 16.9 Å². The second-order valence-corrected chi connectivity index (χ2v) is 7.38. The highest BCUT2D eigenvalue weighted by molar-refractivity contribution is 5.97. The third kappa shape index (κ3) is 3.23. The van der Waals surface area contributed by atoms with Crippen LogP contribution in [0.3, 0.4) is 0 Å². The van der Waals surface area contributed by atoms with Crippen LogP contribution in [-0.4, -0.2) is 32.5 Å². The Morgan fingerprint density at radius 2 is 1.96 bits per heavy atom. The van der Waals surface area contributed by atoms with E-state index in [4.69, 9.17) is 0 Å². The van der Waals surface area contributed by atoms with E-state index < -0.39 is 11.7 Å². The number of amides is 1. The molecule has 1 fully saturated rings. The topological polar surface area (TPSA) is 61.9 Å². The van der Waals surface area contributed by atoms with Gasteiger partial charge in [-0.25, -0.2) is 4.98 Å². The molecule has 28 heavy (non-hydrogen) atoms. The normalized spacial score (nSPS) is 20.1. The van der Waals surface area contributed by atoms with E-state index in [1.807, 2.05) is 13.8 Å². The number of pyridine rings is 1. The van der Waals surface area contributed by atoms with E-state index in [9.17, 15) is 18.0 Å². The van der Waals surface area contributed by atoms with Crippen LogP contribution in [0.5, 0.6) is 0 Å². The first-order valence-electron chi connectivity index (χ1n) is 9.03. The highest BCUT2D eigenvalue weighted by Gasteiger charge is 2.36. The molecule has 0 unspecified atom stereocenters. The van der Waals surface area contributed by atoms with Gasteiger partial charge in [-0.05, 0) is 43.0 Å². The van der Waals surface area contributed by atoms with E-state index >= 15 is 0 Å². The molecule has 0 saturated carbocycles. The first-order valence-corrected chi connectivity index (χ1v) is 9.03. The Labute approximate surface area is 159 Å². The molecule has 1 N–H and O–H groups in total. The summed E-state index contributed by atoms with van der Waals surface area (Å²) in [5, 5.41) is 7.69. The zero-order valence-corrected chi connectivity index (χ0v) is 15.4. The number of rotatable bonds is 2. The Balaban J connectivity index is 1.64. The first kappa shape index (κ1) is 18.5. The molecule has 3 heterocycles. The average molecular weight is 388 g/mol. The SMILES string of the molecule is Cc1[nH]nc2ncc(C(=O)N3C[C@@H](C)C[C@@H]3c3ccc(C(F)(F)F)cc3)cc12. The fraction of sp³-hybridized carbons (Fsp3) is 0.350. The maximum absolute atomic E-state index is 13.2. The van der Waals surface area contributed by atoms with Gasteiger partial charge in [0.2, 0.25) is 0 Å². The molecule has 1 amide bonds. The smallest absolute Gasteiger partial charge is 0.331 e. The number of aryl methyl sites for hydroxylation is 1. The molecule has 0 aliphatic carbocycles. The number of nitrogens with one attached hydrogen (secondary N) is 1. The van der Waals surface area contributed by atoms with Crippen molar-refractivity contribution in [3.8, 4) is 0 Å². The van der Waals surface area contributed by atoms with Crippen LogP contribution in [0, 0.1) is 12.8 Å². The van der Waals surface area contributed by atoms with E-state index in [2.05, 4.69) is 15.2 Å². The third-order valence-electron chi connectivity index (χ3n) is 5.24. The van der Waals surface area contributed by atoms with Crippen molar-refractivity contribution in [1.82, 2.24) is 20.1 Å². The molecule has 1 aliphatic rings. The van der Waals surface area contributed by atoms with E-state index in [0.717, 1.165) is 23.2 Å². The molecule has 1 saturated heterocycles. The summed E-state index contributed by atoms with van der Waals surface area (Å²) in [6, 6.07) is 6.58. The lowest BCUT2D eigenvalue weighted by Crippen LogP contribution is -2.31. The number of likely N-dealkylation sites (tertiary alicyclic amines) is 1. The van der Waals surface area contributed by atoms with Crippen molar-refractivity contribution in [2.75, 3.05) is 6.54 Å². The predicted molar refractivity (Wildman–Crippen MR) is 97.6 cm³/mol. The molecule has 2 aromatic heterocycles. The lowest BCUT2D eigenvalue weighted by molar-refractivity contribution is -0.137. The Morgan fingerprint density at radius 3 is 2.64 bits per heavy atom. The maximum atomic E-state index is 13.2. The van der Waals surface area contributed by atoms with Gasteiger partial charge in [-0.3, -0.25) is 9.89 Å². The van der Waals surface area contributed by atoms with Gasteiger partial charge in [0.25, 0.3) is 5.91 Å². The van der Waals surface area contributed by atoms with Gasteiger partial charge in [-0.1, -0.05) is 19.1 Å². The summed E-state index contributed by atoms with van der Waals surface area (Å²) in [4.78, 5) is 19.1. The number of alkyl halides is 3. The molecule has 2 atom stereocenters. The van der Waals surface area contributed by atoms with Crippen LogP contribution in [0.25, 0.3) is 11.0 Å². The number of carbonyl (C=O) groups is 1. The molecule has 8 heteroatoms. The van der Waals surface area contributed by atoms with Gasteiger partial charge < -0.3 is 4.90 Å². The second-order valence-electron chi connectivity index (χ2n) is 7.38. The monoisotopic (exact) mass is 388 g/mol. The van der Waals surface area contributed by atoms with E-state index in [0.29, 0.717) is 29.7 Å². The molecule has 0 radical (unpaired) electrons. The zero-order valence-electron chi connectivity index (χ0n) is 15.4. The molecule has 0 bridgehead atoms. The number of aromatic amines is 1. The summed E-state index contributed by atoms with van der Waals surface area (Å²) in [6.07, 6.45) is -2.17. The highest BCUT2D eigenvalue weighted by atomic mass is 19.4. The maximum Gasteiger partial charge on any atom is 0.416 e. The zero-order chi connectivity index (χ0) is 20.1. The Hall–Kier alpha value is -2.90. The summed E-state index contributed by atoms with van der Waals surface area (Å²) in [5.41, 5.74) is 1.84. The van der Waals surface area contributed by atoms with Gasteiger partial charge in [0.1, 0.15) is 0 Å². The second kappa shape index (κ2) is 6.61. The fourth-order valence-corrected chi connectivity index (χ4v) is 3.78. The van der Waals surface area contributed by atoms with Crippen LogP contribution < -0.4 is 0 Å². The number of H-pyrrole nitrogens is 1. The molecule has 5 nitrogen and oxygen atoms in total. The predicted octanol–water partition coefficient (Wildman–Crippen LogP) is 4.51. The minimum atomic E-state index is -4.37. The van der Waals surface area contributed by atoms with Gasteiger partial charge in [-0.2, -0.15) is 18.3 Å². The first-order chi connectivity index (χ1) is 13.2. The molecule has 3 aromatic rings. The summed E-state index contributed by atoms with van der Waals surface area (Å²) >= 11 is 0. The molecule has 1 aromatic carbocycles. The van der Waals surface area contributed by atoms with Crippen LogP contribution in [0.1, 0.15) is 46.6 Å². The average Bonchev–Trinajstić information content (AvgIpc) is 3.23. The van der Waals surface area contributed by atoms with E-state index in [-0.39, 0.29) is 17.9 Å². The number of benzene rings is 1. The van der Waals surface area contributed by atoms with Gasteiger partial charge in [0.15, 0.2) is 5.65 Å². The van der Waals surface area contributed by atoms with E-state index in [1.165, 1.54) is 18.3 Å². The number of halogens is 3. The number of fused-ring (bicyclic) bond motifs is 1. The summed E-state index contributed by atoms with van der Waals surface area (Å²) in [7, 11) is 0. The number of hydrogen-bond donors (Lipinski definition) is 1. The minimum absolute atomic E-state index is 0.177. The Bertz CT molecular complexity index is 1030. The van der Waals surface area contributed by atoms with Gasteiger partial charge in [-0.15, -0.1) is 0 Å². The summed E-state index contributed by atoms with van der Waals surface area (Å²) < 4.78 is 38.5. The van der Waals surface area contributed by atoms with Crippen molar-refractivity contribution in [2.45, 2.75) is 32.5 Å². The van der Waals surface area contributed by atoms with Crippen molar-refractivity contribution in [3.63, 3.8) is 0 Å². The molecule has 1 aliphatic heterocycles. The molecular weight excluding hydrogens is 369 g/mol. The van der Waals surface area contributed by atoms with E-state index in [1.54, 1.807) is 11.0 Å². The van der Waals surface area contributed by atoms with Gasteiger partial charge in [0.05, 0.1) is 17.2 Å². The molecule has 4 rings (SSSR count). The quantitative estimate of drug-likeness (QED) is 0.703. The van der Waals surface area contributed by atoms with Crippen LogP contribution in [-0.2, 0) is 6.18 Å². The van der Waals surface area contributed by atoms with Crippen molar-refractivity contribution in [3.05, 3.63) is 58.9 Å². The van der Waals surface area contributed by atoms with Gasteiger partial charge in [0, 0.05) is 23.8 Å². The number of nitrogens with zero attached hydrogens (tertiary/aromatic N) is 3. The summed E-state index contributed by atoms with van der Waals surface area (Å²) in [6.45, 7) is 4.44. The van der Waals surface area contributed by atoms with Crippen LogP contribution in [0.2, 0.25) is 0 Å². The van der Waals surface area contributed by atoms with Crippen LogP contribution >= 0.6 is 0 Å². The fourth-order valence-electron chi connectivity index (χ4n) is 3.78. The number of hydrogen-bond acceptors (Lipinski definition) is 3. The summed E-state index contributed by atoms with van der Waals surface area (Å²) in [5.74, 6) is 0.0767. The Morgan fingerprint density at radius 1 is 1.25 bits per heavy atom. The third-order valence-corrected chi connectivity index (χ3v) is 5.24. The van der Waals surface area contributed by atoms with Crippen molar-refractivity contribution in [2.24, 2.45) is 5.92 Å². The molecule has 0 spiro atoms. The molecule has 146 valence electrons. The van der Waals surface area contributed by atoms with Crippen molar-refractivity contribution < 1.29 is 18.0 Å². The highest BCUT2D eigenvalue weighted by Crippen LogP contribution is 2.38. The molecular formula is C20H19F3N4O. The van der Waals surface area contributed by atoms with Crippen LogP contribution in [0.4, 0.5) is 13.2 Å². The standard InChI is InChI=1S/C20H19F3N4O/c1-11-7-17(13-3-5-15(6-4-13)20(21,22)23)27(10-11)19(28)14-8-16-12(2)25-26-18(16)24-9-14/h3-6,8-9,11,17H,7,10H2,1-2H3,(H,24,25,26)/t11-,17+/m0/s1. The van der Waals surface area contributed by atoms with Gasteiger partial charge >= 0.3 is 6.18 Å². The Kier molecular flexibility index (Phi) is 4.36. The lowest BCUT2D eigenvalue weighted by atomic mass is 9.99.